The quantitative estimate of drug-likeness (QED) is 0.815. The highest BCUT2D eigenvalue weighted by atomic mass is 19.2. The van der Waals surface area contributed by atoms with Crippen LogP contribution in [-0.2, 0) is 6.42 Å². The summed E-state index contributed by atoms with van der Waals surface area (Å²) in [5.41, 5.74) is 8.03. The summed E-state index contributed by atoms with van der Waals surface area (Å²) >= 11 is 0. The van der Waals surface area contributed by atoms with Crippen molar-refractivity contribution in [3.05, 3.63) is 59.7 Å². The lowest BCUT2D eigenvalue weighted by atomic mass is 10.1. The molecule has 0 radical (unpaired) electrons. The van der Waals surface area contributed by atoms with E-state index in [1.165, 1.54) is 6.07 Å². The van der Waals surface area contributed by atoms with Gasteiger partial charge in [0.15, 0.2) is 11.6 Å². The standard InChI is InChI=1S/C14H14F2N2/c15-11-6-5-10(9-12(11)16)7-8-18-14-4-2-1-3-13(14)17/h1-6,9,18H,7-8,17H2. The molecule has 2 aromatic rings. The molecule has 0 aromatic heterocycles. The summed E-state index contributed by atoms with van der Waals surface area (Å²) in [4.78, 5) is 0. The molecule has 0 heterocycles. The molecule has 3 N–H and O–H groups in total. The van der Waals surface area contributed by atoms with Gasteiger partial charge in [0.2, 0.25) is 0 Å². The molecule has 0 fully saturated rings. The Morgan fingerprint density at radius 2 is 1.78 bits per heavy atom. The minimum Gasteiger partial charge on any atom is -0.397 e. The van der Waals surface area contributed by atoms with Gasteiger partial charge in [-0.05, 0) is 36.2 Å². The predicted octanol–water partition coefficient (Wildman–Crippen LogP) is 3.20. The lowest BCUT2D eigenvalue weighted by molar-refractivity contribution is 0.507. The average molecular weight is 248 g/mol. The Morgan fingerprint density at radius 1 is 1.00 bits per heavy atom. The van der Waals surface area contributed by atoms with Crippen molar-refractivity contribution in [1.82, 2.24) is 0 Å². The first-order valence-corrected chi connectivity index (χ1v) is 5.69. The van der Waals surface area contributed by atoms with Gasteiger partial charge in [-0.25, -0.2) is 8.78 Å². The summed E-state index contributed by atoms with van der Waals surface area (Å²) in [7, 11) is 0. The SMILES string of the molecule is Nc1ccccc1NCCc1ccc(F)c(F)c1. The number of halogens is 2. The van der Waals surface area contributed by atoms with Gasteiger partial charge in [0.05, 0.1) is 11.4 Å². The maximum absolute atomic E-state index is 13.0. The molecule has 0 aliphatic carbocycles. The van der Waals surface area contributed by atoms with E-state index in [1.807, 2.05) is 18.2 Å². The van der Waals surface area contributed by atoms with Gasteiger partial charge in [0.25, 0.3) is 0 Å². The minimum atomic E-state index is -0.820. The molecule has 0 amide bonds. The molecule has 0 spiro atoms. The van der Waals surface area contributed by atoms with Gasteiger partial charge in [-0.2, -0.15) is 0 Å². The van der Waals surface area contributed by atoms with Crippen molar-refractivity contribution in [3.8, 4) is 0 Å². The molecule has 0 unspecified atom stereocenters. The summed E-state index contributed by atoms with van der Waals surface area (Å²) in [6.07, 6.45) is 0.603. The number of rotatable bonds is 4. The van der Waals surface area contributed by atoms with Crippen LogP contribution in [-0.4, -0.2) is 6.54 Å². The second-order valence-electron chi connectivity index (χ2n) is 4.01. The van der Waals surface area contributed by atoms with Crippen LogP contribution in [0.25, 0.3) is 0 Å². The first-order chi connectivity index (χ1) is 8.66. The molecule has 94 valence electrons. The zero-order valence-corrected chi connectivity index (χ0v) is 9.79. The van der Waals surface area contributed by atoms with E-state index in [2.05, 4.69) is 5.32 Å². The van der Waals surface area contributed by atoms with Crippen LogP contribution in [0.5, 0.6) is 0 Å². The van der Waals surface area contributed by atoms with Gasteiger partial charge in [-0.15, -0.1) is 0 Å². The molecule has 0 atom stereocenters. The zero-order valence-electron chi connectivity index (χ0n) is 9.79. The molecule has 0 saturated heterocycles. The van der Waals surface area contributed by atoms with E-state index in [0.717, 1.165) is 17.3 Å². The number of nitrogens with one attached hydrogen (secondary N) is 1. The Hall–Kier alpha value is -2.10. The summed E-state index contributed by atoms with van der Waals surface area (Å²) in [5, 5.41) is 3.15. The van der Waals surface area contributed by atoms with E-state index in [4.69, 9.17) is 5.73 Å². The van der Waals surface area contributed by atoms with Crippen molar-refractivity contribution in [2.45, 2.75) is 6.42 Å². The summed E-state index contributed by atoms with van der Waals surface area (Å²) in [5.74, 6) is -1.63. The van der Waals surface area contributed by atoms with Crippen molar-refractivity contribution < 1.29 is 8.78 Å². The average Bonchev–Trinajstić information content (AvgIpc) is 2.36. The normalized spacial score (nSPS) is 10.3. The monoisotopic (exact) mass is 248 g/mol. The largest absolute Gasteiger partial charge is 0.397 e. The predicted molar refractivity (Wildman–Crippen MR) is 69.4 cm³/mol. The molecule has 0 saturated carbocycles. The van der Waals surface area contributed by atoms with E-state index in [0.29, 0.717) is 18.7 Å². The van der Waals surface area contributed by atoms with Crippen LogP contribution >= 0.6 is 0 Å². The van der Waals surface area contributed by atoms with Gasteiger partial charge in [0.1, 0.15) is 0 Å². The van der Waals surface area contributed by atoms with Crippen molar-refractivity contribution in [3.63, 3.8) is 0 Å². The van der Waals surface area contributed by atoms with E-state index >= 15 is 0 Å². The van der Waals surface area contributed by atoms with E-state index in [1.54, 1.807) is 12.1 Å². The Kier molecular flexibility index (Phi) is 3.77. The van der Waals surface area contributed by atoms with Crippen LogP contribution in [0, 0.1) is 11.6 Å². The highest BCUT2D eigenvalue weighted by Gasteiger charge is 2.02. The van der Waals surface area contributed by atoms with Crippen LogP contribution < -0.4 is 11.1 Å². The summed E-state index contributed by atoms with van der Waals surface area (Å²) in [6.45, 7) is 0.610. The minimum absolute atomic E-state index is 0.603. The number of benzene rings is 2. The molecule has 0 aliphatic rings. The van der Waals surface area contributed by atoms with Gasteiger partial charge in [0, 0.05) is 6.54 Å². The van der Waals surface area contributed by atoms with E-state index < -0.39 is 11.6 Å². The van der Waals surface area contributed by atoms with Crippen molar-refractivity contribution in [2.24, 2.45) is 0 Å². The second-order valence-corrected chi connectivity index (χ2v) is 4.01. The molecule has 0 aliphatic heterocycles. The number of para-hydroxylation sites is 2. The summed E-state index contributed by atoms with van der Waals surface area (Å²) < 4.78 is 25.7. The van der Waals surface area contributed by atoms with Gasteiger partial charge < -0.3 is 11.1 Å². The lowest BCUT2D eigenvalue weighted by Crippen LogP contribution is -2.07. The summed E-state index contributed by atoms with van der Waals surface area (Å²) in [6, 6.07) is 11.4. The van der Waals surface area contributed by atoms with Crippen LogP contribution in [0.4, 0.5) is 20.2 Å². The number of nitrogens with two attached hydrogens (primary N) is 1. The third kappa shape index (κ3) is 2.97. The Morgan fingerprint density at radius 3 is 2.50 bits per heavy atom. The molecule has 2 nitrogen and oxygen atoms in total. The third-order valence-electron chi connectivity index (χ3n) is 2.67. The van der Waals surface area contributed by atoms with E-state index in [9.17, 15) is 8.78 Å². The van der Waals surface area contributed by atoms with Gasteiger partial charge in [-0.1, -0.05) is 18.2 Å². The highest BCUT2D eigenvalue weighted by molar-refractivity contribution is 5.65. The van der Waals surface area contributed by atoms with Crippen LogP contribution in [0.15, 0.2) is 42.5 Å². The molecular weight excluding hydrogens is 234 g/mol. The maximum atomic E-state index is 13.0. The van der Waals surface area contributed by atoms with Crippen molar-refractivity contribution in [1.29, 1.82) is 0 Å². The molecular formula is C14H14F2N2. The molecule has 2 rings (SSSR count). The van der Waals surface area contributed by atoms with Crippen LogP contribution in [0.2, 0.25) is 0 Å². The highest BCUT2D eigenvalue weighted by Crippen LogP contribution is 2.16. The first-order valence-electron chi connectivity index (χ1n) is 5.69. The number of anilines is 2. The number of hydrogen-bond donors (Lipinski definition) is 2. The van der Waals surface area contributed by atoms with Crippen LogP contribution in [0.1, 0.15) is 5.56 Å². The zero-order chi connectivity index (χ0) is 13.0. The maximum Gasteiger partial charge on any atom is 0.159 e. The van der Waals surface area contributed by atoms with Crippen LogP contribution in [0.3, 0.4) is 0 Å². The fourth-order valence-corrected chi connectivity index (χ4v) is 1.69. The number of hydrogen-bond acceptors (Lipinski definition) is 2. The number of nitrogen functional groups attached to an aromatic ring is 1. The van der Waals surface area contributed by atoms with Crippen molar-refractivity contribution in [2.75, 3.05) is 17.6 Å². The van der Waals surface area contributed by atoms with Crippen molar-refractivity contribution >= 4 is 11.4 Å². The first kappa shape index (κ1) is 12.4. The molecule has 2 aromatic carbocycles. The fourth-order valence-electron chi connectivity index (χ4n) is 1.69. The van der Waals surface area contributed by atoms with Gasteiger partial charge in [-0.3, -0.25) is 0 Å². The second kappa shape index (κ2) is 5.49. The smallest absolute Gasteiger partial charge is 0.159 e. The molecule has 18 heavy (non-hydrogen) atoms. The molecule has 4 heteroatoms. The topological polar surface area (TPSA) is 38.0 Å². The molecule has 0 bridgehead atoms. The lowest BCUT2D eigenvalue weighted by Gasteiger charge is -2.09. The Bertz CT molecular complexity index is 541. The van der Waals surface area contributed by atoms with E-state index in [-0.39, 0.29) is 0 Å². The Labute approximate surface area is 104 Å². The Balaban J connectivity index is 1.92. The third-order valence-corrected chi connectivity index (χ3v) is 2.67. The van der Waals surface area contributed by atoms with Gasteiger partial charge >= 0.3 is 0 Å². The fraction of sp³-hybridized carbons (Fsp3) is 0.143.